The molecular weight excluding hydrogens is 202 g/mol. The molecule has 1 N–H and O–H groups in total. The number of piperidine rings is 1. The van der Waals surface area contributed by atoms with Crippen LogP contribution in [0.4, 0.5) is 0 Å². The molecule has 1 aromatic rings. The highest BCUT2D eigenvalue weighted by Gasteiger charge is 2.69. The quantitative estimate of drug-likeness (QED) is 0.752. The maximum atomic E-state index is 11.8. The maximum absolute atomic E-state index is 11.8. The molecule has 1 saturated carbocycles. The maximum Gasteiger partial charge on any atom is 0.238 e. The smallest absolute Gasteiger partial charge is 0.238 e. The third kappa shape index (κ3) is 1.03. The van der Waals surface area contributed by atoms with E-state index in [1.54, 1.807) is 0 Å². The first-order valence-corrected chi connectivity index (χ1v) is 5.63. The van der Waals surface area contributed by atoms with Gasteiger partial charge in [0.25, 0.3) is 0 Å². The van der Waals surface area contributed by atoms with Crippen molar-refractivity contribution in [3.63, 3.8) is 0 Å². The summed E-state index contributed by atoms with van der Waals surface area (Å²) in [7, 11) is 0. The van der Waals surface area contributed by atoms with Crippen molar-refractivity contribution in [3.05, 3.63) is 35.4 Å². The molecule has 1 saturated heterocycles. The number of nitrogens with one attached hydrogen (secondary N) is 1. The minimum absolute atomic E-state index is 0.107. The summed E-state index contributed by atoms with van der Waals surface area (Å²) >= 11 is 0. The molecule has 2 fully saturated rings. The van der Waals surface area contributed by atoms with E-state index < -0.39 is 5.41 Å². The third-order valence-corrected chi connectivity index (χ3v) is 3.80. The minimum atomic E-state index is -0.524. The van der Waals surface area contributed by atoms with Crippen molar-refractivity contribution >= 4 is 11.8 Å². The highest BCUT2D eigenvalue weighted by atomic mass is 16.2. The Hall–Kier alpha value is -1.64. The number of carbonyl (C=O) groups is 2. The van der Waals surface area contributed by atoms with Crippen LogP contribution in [-0.4, -0.2) is 11.8 Å². The summed E-state index contributed by atoms with van der Waals surface area (Å²) in [6.07, 6.45) is 1.67. The van der Waals surface area contributed by atoms with Gasteiger partial charge in [-0.1, -0.05) is 31.2 Å². The van der Waals surface area contributed by atoms with Crippen LogP contribution in [0.1, 0.15) is 24.5 Å². The molecule has 0 radical (unpaired) electrons. The molecule has 1 aliphatic heterocycles. The van der Waals surface area contributed by atoms with Crippen LogP contribution in [-0.2, 0) is 21.4 Å². The van der Waals surface area contributed by atoms with Gasteiger partial charge >= 0.3 is 0 Å². The summed E-state index contributed by atoms with van der Waals surface area (Å²) in [6, 6.07) is 8.04. The van der Waals surface area contributed by atoms with Crippen LogP contribution in [0.3, 0.4) is 0 Å². The summed E-state index contributed by atoms with van der Waals surface area (Å²) in [6.45, 7) is 2.10. The molecule has 1 aliphatic carbocycles. The van der Waals surface area contributed by atoms with E-state index in [1.165, 1.54) is 5.56 Å². The molecule has 2 amide bonds. The average molecular weight is 215 g/mol. The zero-order valence-electron chi connectivity index (χ0n) is 9.12. The van der Waals surface area contributed by atoms with Crippen molar-refractivity contribution in [3.8, 4) is 0 Å². The molecule has 82 valence electrons. The Kier molecular flexibility index (Phi) is 1.76. The van der Waals surface area contributed by atoms with Gasteiger partial charge in [-0.3, -0.25) is 14.9 Å². The molecular formula is C13H13NO2. The molecule has 16 heavy (non-hydrogen) atoms. The molecule has 1 heterocycles. The summed E-state index contributed by atoms with van der Waals surface area (Å²) in [5.74, 6) is -0.344. The van der Waals surface area contributed by atoms with Gasteiger partial charge in [-0.15, -0.1) is 0 Å². The Morgan fingerprint density at radius 3 is 2.44 bits per heavy atom. The Morgan fingerprint density at radius 2 is 2.00 bits per heavy atom. The predicted molar refractivity (Wildman–Crippen MR) is 58.8 cm³/mol. The molecule has 3 nitrogen and oxygen atoms in total. The number of imide groups is 1. The highest BCUT2D eigenvalue weighted by Crippen LogP contribution is 2.57. The van der Waals surface area contributed by atoms with Crippen LogP contribution < -0.4 is 5.32 Å². The van der Waals surface area contributed by atoms with Crippen molar-refractivity contribution in [2.45, 2.75) is 25.2 Å². The van der Waals surface area contributed by atoms with Gasteiger partial charge in [-0.2, -0.15) is 0 Å². The number of aryl methyl sites for hydroxylation is 1. The van der Waals surface area contributed by atoms with E-state index in [0.717, 1.165) is 12.0 Å². The monoisotopic (exact) mass is 215 g/mol. The molecule has 1 aromatic carbocycles. The van der Waals surface area contributed by atoms with Gasteiger partial charge in [0.2, 0.25) is 11.8 Å². The summed E-state index contributed by atoms with van der Waals surface area (Å²) < 4.78 is 0. The minimum Gasteiger partial charge on any atom is -0.295 e. The zero-order chi connectivity index (χ0) is 11.3. The molecule has 0 bridgehead atoms. The molecule has 3 heteroatoms. The van der Waals surface area contributed by atoms with E-state index in [4.69, 9.17) is 0 Å². The summed E-state index contributed by atoms with van der Waals surface area (Å²) in [5, 5.41) is 2.41. The van der Waals surface area contributed by atoms with Gasteiger partial charge in [0.15, 0.2) is 0 Å². The topological polar surface area (TPSA) is 46.2 Å². The fourth-order valence-electron chi connectivity index (χ4n) is 2.63. The van der Waals surface area contributed by atoms with Crippen molar-refractivity contribution in [1.29, 1.82) is 0 Å². The fourth-order valence-corrected chi connectivity index (χ4v) is 2.63. The van der Waals surface area contributed by atoms with E-state index in [9.17, 15) is 9.59 Å². The molecule has 2 atom stereocenters. The van der Waals surface area contributed by atoms with E-state index in [2.05, 4.69) is 12.2 Å². The van der Waals surface area contributed by atoms with E-state index in [-0.39, 0.29) is 17.7 Å². The molecule has 0 aromatic heterocycles. The molecule has 3 rings (SSSR count). The molecule has 2 aliphatic rings. The van der Waals surface area contributed by atoms with Crippen molar-refractivity contribution < 1.29 is 9.59 Å². The predicted octanol–water partition coefficient (Wildman–Crippen LogP) is 1.16. The molecule has 0 spiro atoms. The second-order valence-corrected chi connectivity index (χ2v) is 4.60. The number of fused-ring (bicyclic) bond motifs is 1. The number of rotatable bonds is 2. The van der Waals surface area contributed by atoms with Crippen LogP contribution in [0.25, 0.3) is 0 Å². The van der Waals surface area contributed by atoms with E-state index >= 15 is 0 Å². The largest absolute Gasteiger partial charge is 0.295 e. The Balaban J connectivity index is 1.99. The van der Waals surface area contributed by atoms with Crippen LogP contribution in [0.5, 0.6) is 0 Å². The number of carbonyl (C=O) groups excluding carboxylic acids is 2. The Labute approximate surface area is 93.8 Å². The first-order chi connectivity index (χ1) is 7.68. The number of hydrogen-bond donors (Lipinski definition) is 1. The first-order valence-electron chi connectivity index (χ1n) is 5.63. The van der Waals surface area contributed by atoms with Crippen LogP contribution >= 0.6 is 0 Å². The number of hydrogen-bond acceptors (Lipinski definition) is 2. The number of amides is 2. The number of benzene rings is 1. The van der Waals surface area contributed by atoms with Gasteiger partial charge in [-0.25, -0.2) is 0 Å². The van der Waals surface area contributed by atoms with E-state index in [1.807, 2.05) is 24.3 Å². The first kappa shape index (κ1) is 9.58. The van der Waals surface area contributed by atoms with Crippen molar-refractivity contribution in [2.24, 2.45) is 5.92 Å². The lowest BCUT2D eigenvalue weighted by molar-refractivity contribution is -0.127. The Morgan fingerprint density at radius 1 is 1.31 bits per heavy atom. The average Bonchev–Trinajstić information content (AvgIpc) is 3.00. The van der Waals surface area contributed by atoms with Gasteiger partial charge < -0.3 is 0 Å². The van der Waals surface area contributed by atoms with Crippen LogP contribution in [0.15, 0.2) is 24.3 Å². The second-order valence-electron chi connectivity index (χ2n) is 4.60. The second kappa shape index (κ2) is 2.94. The highest BCUT2D eigenvalue weighted by molar-refractivity contribution is 6.15. The summed E-state index contributed by atoms with van der Waals surface area (Å²) in [5.41, 5.74) is 1.71. The Bertz CT molecular complexity index is 477. The third-order valence-electron chi connectivity index (χ3n) is 3.80. The van der Waals surface area contributed by atoms with Crippen LogP contribution in [0.2, 0.25) is 0 Å². The molecule has 0 unspecified atom stereocenters. The lowest BCUT2D eigenvalue weighted by atomic mass is 9.93. The standard InChI is InChI=1S/C13H13NO2/c1-2-8-3-5-9(6-4-8)13-7-10(13)11(15)14-12(13)16/h3-6,10H,2,7H2,1H3,(H,14,15,16)/t10-,13-/m1/s1. The van der Waals surface area contributed by atoms with E-state index in [0.29, 0.717) is 6.42 Å². The fraction of sp³-hybridized carbons (Fsp3) is 0.385. The summed E-state index contributed by atoms with van der Waals surface area (Å²) in [4.78, 5) is 23.2. The zero-order valence-corrected chi connectivity index (χ0v) is 9.12. The van der Waals surface area contributed by atoms with Crippen LogP contribution in [0, 0.1) is 5.92 Å². The van der Waals surface area contributed by atoms with Gasteiger partial charge in [0.05, 0.1) is 11.3 Å². The lowest BCUT2D eigenvalue weighted by Gasteiger charge is -2.10. The van der Waals surface area contributed by atoms with Gasteiger partial charge in [0, 0.05) is 0 Å². The van der Waals surface area contributed by atoms with Crippen molar-refractivity contribution in [2.75, 3.05) is 0 Å². The SMILES string of the molecule is CCc1ccc([C@]23C[C@@H]2C(=O)NC3=O)cc1. The normalized spacial score (nSPS) is 31.2. The van der Waals surface area contributed by atoms with Gasteiger partial charge in [-0.05, 0) is 24.0 Å². The lowest BCUT2D eigenvalue weighted by Crippen LogP contribution is -2.30. The van der Waals surface area contributed by atoms with Gasteiger partial charge in [0.1, 0.15) is 0 Å². The van der Waals surface area contributed by atoms with Crippen molar-refractivity contribution in [1.82, 2.24) is 5.32 Å².